The number of hydrogen-bond donors (Lipinski definition) is 0. The van der Waals surface area contributed by atoms with E-state index in [1.807, 2.05) is 0 Å². The highest BCUT2D eigenvalue weighted by Crippen LogP contribution is 2.38. The lowest BCUT2D eigenvalue weighted by Crippen LogP contribution is -2.31. The summed E-state index contributed by atoms with van der Waals surface area (Å²) in [6.07, 6.45) is 1.17. The van der Waals surface area contributed by atoms with Gasteiger partial charge >= 0.3 is 0 Å². The maximum Gasteiger partial charge on any atom is 0.0719 e. The van der Waals surface area contributed by atoms with E-state index in [1.54, 1.807) is 5.56 Å². The topological polar surface area (TPSA) is 12.5 Å². The van der Waals surface area contributed by atoms with Gasteiger partial charge < -0.3 is 9.64 Å². The summed E-state index contributed by atoms with van der Waals surface area (Å²) in [5.74, 6) is 0.667. The molecule has 0 aliphatic carbocycles. The van der Waals surface area contributed by atoms with Crippen LogP contribution >= 0.6 is 0 Å². The van der Waals surface area contributed by atoms with Crippen LogP contribution < -0.4 is 0 Å². The normalized spacial score (nSPS) is 23.9. The summed E-state index contributed by atoms with van der Waals surface area (Å²) in [6, 6.07) is 4.83. The fraction of sp³-hybridized carbons (Fsp3) is 0.647. The lowest BCUT2D eigenvalue weighted by atomic mass is 9.79. The van der Waals surface area contributed by atoms with Crippen molar-refractivity contribution < 1.29 is 4.74 Å². The van der Waals surface area contributed by atoms with Crippen molar-refractivity contribution in [3.63, 3.8) is 0 Å². The Hall–Kier alpha value is -0.860. The van der Waals surface area contributed by atoms with Gasteiger partial charge in [-0.05, 0) is 47.1 Å². The number of likely N-dealkylation sites (N-methyl/N-ethyl adjacent to an activating group) is 1. The van der Waals surface area contributed by atoms with Crippen molar-refractivity contribution >= 4 is 0 Å². The third-order valence-electron chi connectivity index (χ3n) is 4.47. The summed E-state index contributed by atoms with van der Waals surface area (Å²) < 4.78 is 5.82. The lowest BCUT2D eigenvalue weighted by Gasteiger charge is -2.34. The van der Waals surface area contributed by atoms with E-state index in [0.717, 1.165) is 19.8 Å². The summed E-state index contributed by atoms with van der Waals surface area (Å²) in [4.78, 5) is 2.45. The molecule has 0 N–H and O–H groups in total. The Bertz CT molecular complexity index is 487. The molecule has 0 radical (unpaired) electrons. The Morgan fingerprint density at radius 1 is 1.21 bits per heavy atom. The maximum atomic E-state index is 5.82. The van der Waals surface area contributed by atoms with Gasteiger partial charge in [0, 0.05) is 19.7 Å². The number of hydrogen-bond acceptors (Lipinski definition) is 2. The molecular formula is C17H25NO. The van der Waals surface area contributed by atoms with E-state index in [0.29, 0.717) is 5.92 Å². The van der Waals surface area contributed by atoms with Crippen molar-refractivity contribution in [2.75, 3.05) is 20.2 Å². The SMILES string of the molecule is CN1Cc2cc(C(C)(C)C)cc3c2C(CCOC3)C1. The van der Waals surface area contributed by atoms with E-state index >= 15 is 0 Å². The van der Waals surface area contributed by atoms with Crippen molar-refractivity contribution in [1.82, 2.24) is 4.90 Å². The van der Waals surface area contributed by atoms with Crippen molar-refractivity contribution in [3.05, 3.63) is 34.4 Å². The highest BCUT2D eigenvalue weighted by molar-refractivity contribution is 5.45. The minimum absolute atomic E-state index is 0.212. The van der Waals surface area contributed by atoms with Gasteiger partial charge in [-0.25, -0.2) is 0 Å². The Morgan fingerprint density at radius 3 is 2.68 bits per heavy atom. The van der Waals surface area contributed by atoms with Gasteiger partial charge in [0.25, 0.3) is 0 Å². The number of nitrogens with zero attached hydrogens (tertiary/aromatic N) is 1. The molecular weight excluding hydrogens is 234 g/mol. The van der Waals surface area contributed by atoms with E-state index in [2.05, 4.69) is 44.9 Å². The molecule has 0 aromatic heterocycles. The summed E-state index contributed by atoms with van der Waals surface area (Å²) in [5, 5.41) is 0. The largest absolute Gasteiger partial charge is 0.377 e. The summed E-state index contributed by atoms with van der Waals surface area (Å²) >= 11 is 0. The lowest BCUT2D eigenvalue weighted by molar-refractivity contribution is 0.119. The van der Waals surface area contributed by atoms with Gasteiger partial charge in [0.1, 0.15) is 0 Å². The zero-order valence-corrected chi connectivity index (χ0v) is 12.6. The summed E-state index contributed by atoms with van der Waals surface area (Å²) in [7, 11) is 2.23. The van der Waals surface area contributed by atoms with Gasteiger partial charge in [0.15, 0.2) is 0 Å². The molecule has 1 aromatic rings. The molecule has 1 unspecified atom stereocenters. The number of benzene rings is 1. The minimum Gasteiger partial charge on any atom is -0.377 e. The van der Waals surface area contributed by atoms with Crippen molar-refractivity contribution in [2.45, 2.75) is 51.7 Å². The zero-order chi connectivity index (χ0) is 13.6. The molecule has 1 aromatic carbocycles. The molecule has 2 nitrogen and oxygen atoms in total. The molecule has 0 amide bonds. The van der Waals surface area contributed by atoms with Crippen LogP contribution in [0.2, 0.25) is 0 Å². The fourth-order valence-corrected chi connectivity index (χ4v) is 3.45. The Kier molecular flexibility index (Phi) is 3.18. The third kappa shape index (κ3) is 2.44. The first-order valence-corrected chi connectivity index (χ1v) is 7.37. The molecule has 0 saturated carbocycles. The first kappa shape index (κ1) is 13.1. The second-order valence-electron chi connectivity index (χ2n) is 7.19. The van der Waals surface area contributed by atoms with Gasteiger partial charge in [0.2, 0.25) is 0 Å². The average Bonchev–Trinajstić information content (AvgIpc) is 2.51. The molecule has 19 heavy (non-hydrogen) atoms. The molecule has 3 rings (SSSR count). The molecule has 2 aliphatic rings. The van der Waals surface area contributed by atoms with Crippen LogP contribution in [0.3, 0.4) is 0 Å². The fourth-order valence-electron chi connectivity index (χ4n) is 3.45. The molecule has 0 bridgehead atoms. The van der Waals surface area contributed by atoms with Crippen molar-refractivity contribution in [2.24, 2.45) is 0 Å². The number of ether oxygens (including phenoxy) is 1. The summed E-state index contributed by atoms with van der Waals surface area (Å²) in [5.41, 5.74) is 6.23. The zero-order valence-electron chi connectivity index (χ0n) is 12.6. The van der Waals surface area contributed by atoms with Gasteiger partial charge in [-0.2, -0.15) is 0 Å². The number of rotatable bonds is 0. The van der Waals surface area contributed by atoms with E-state index in [9.17, 15) is 0 Å². The predicted octanol–water partition coefficient (Wildman–Crippen LogP) is 3.43. The molecule has 2 heterocycles. The van der Waals surface area contributed by atoms with Crippen molar-refractivity contribution in [1.29, 1.82) is 0 Å². The van der Waals surface area contributed by atoms with Crippen LogP contribution in [0.25, 0.3) is 0 Å². The molecule has 0 spiro atoms. The molecule has 2 aliphatic heterocycles. The van der Waals surface area contributed by atoms with Gasteiger partial charge in [-0.3, -0.25) is 0 Å². The third-order valence-corrected chi connectivity index (χ3v) is 4.47. The van der Waals surface area contributed by atoms with Crippen LogP contribution in [0.15, 0.2) is 12.1 Å². The highest BCUT2D eigenvalue weighted by Gasteiger charge is 2.29. The second-order valence-corrected chi connectivity index (χ2v) is 7.19. The van der Waals surface area contributed by atoms with Crippen molar-refractivity contribution in [3.8, 4) is 0 Å². The molecule has 2 heteroatoms. The standard InChI is InChI=1S/C17H25NO/c1-17(2,3)15-7-13-10-18(4)9-12-5-6-19-11-14(8-15)16(12)13/h7-8,12H,5-6,9-11H2,1-4H3. The predicted molar refractivity (Wildman–Crippen MR) is 78.5 cm³/mol. The Morgan fingerprint density at radius 2 is 1.95 bits per heavy atom. The van der Waals surface area contributed by atoms with Crippen LogP contribution in [0, 0.1) is 0 Å². The van der Waals surface area contributed by atoms with E-state index in [1.165, 1.54) is 29.7 Å². The summed E-state index contributed by atoms with van der Waals surface area (Å²) in [6.45, 7) is 10.8. The van der Waals surface area contributed by atoms with Crippen LogP contribution in [-0.2, 0) is 23.3 Å². The average molecular weight is 259 g/mol. The minimum atomic E-state index is 0.212. The van der Waals surface area contributed by atoms with Gasteiger partial charge in [-0.1, -0.05) is 32.9 Å². The van der Waals surface area contributed by atoms with E-state index < -0.39 is 0 Å². The first-order valence-electron chi connectivity index (χ1n) is 7.37. The smallest absolute Gasteiger partial charge is 0.0719 e. The van der Waals surface area contributed by atoms with Crippen LogP contribution in [0.4, 0.5) is 0 Å². The molecule has 1 atom stereocenters. The van der Waals surface area contributed by atoms with E-state index in [4.69, 9.17) is 4.74 Å². The molecule has 0 fully saturated rings. The Balaban J connectivity index is 2.14. The maximum absolute atomic E-state index is 5.82. The van der Waals surface area contributed by atoms with Crippen LogP contribution in [0.5, 0.6) is 0 Å². The van der Waals surface area contributed by atoms with Gasteiger partial charge in [-0.15, -0.1) is 0 Å². The quantitative estimate of drug-likeness (QED) is 0.707. The monoisotopic (exact) mass is 259 g/mol. The van der Waals surface area contributed by atoms with E-state index in [-0.39, 0.29) is 5.41 Å². The Labute approximate surface area is 116 Å². The molecule has 0 saturated heterocycles. The van der Waals surface area contributed by atoms with Crippen LogP contribution in [-0.4, -0.2) is 25.1 Å². The second kappa shape index (κ2) is 4.60. The first-order chi connectivity index (χ1) is 8.95. The van der Waals surface area contributed by atoms with Gasteiger partial charge in [0.05, 0.1) is 6.61 Å². The van der Waals surface area contributed by atoms with Crippen LogP contribution in [0.1, 0.15) is 55.4 Å². The highest BCUT2D eigenvalue weighted by atomic mass is 16.5. The molecule has 104 valence electrons.